The van der Waals surface area contributed by atoms with E-state index in [9.17, 15) is 17.9 Å². The fourth-order valence-electron chi connectivity index (χ4n) is 2.51. The number of carbonyl (C=O) groups excluding carboxylic acids is 1. The number of rotatable bonds is 7. The predicted molar refractivity (Wildman–Crippen MR) is 108 cm³/mol. The Labute approximate surface area is 172 Å². The molecule has 3 aromatic rings. The van der Waals surface area contributed by atoms with E-state index in [1.165, 1.54) is 31.6 Å². The molecule has 3 rings (SSSR count). The smallest absolute Gasteiger partial charge is 0.259 e. The van der Waals surface area contributed by atoms with Crippen molar-refractivity contribution in [1.82, 2.24) is 4.98 Å². The average molecular weight is 436 g/mol. The van der Waals surface area contributed by atoms with E-state index in [1.807, 2.05) is 4.72 Å². The molecule has 0 saturated heterocycles. The van der Waals surface area contributed by atoms with E-state index in [-0.39, 0.29) is 11.3 Å². The number of methoxy groups -OCH3 is 2. The fraction of sp³-hybridized carbons (Fsp3) is 0.111. The van der Waals surface area contributed by atoms with E-state index < -0.39 is 23.0 Å². The monoisotopic (exact) mass is 436 g/mol. The summed E-state index contributed by atoms with van der Waals surface area (Å²) < 4.78 is 47.6. The zero-order valence-corrected chi connectivity index (χ0v) is 16.9. The van der Waals surface area contributed by atoms with E-state index in [0.717, 1.165) is 17.7 Å². The molecular weight excluding hydrogens is 421 g/mol. The largest absolute Gasteiger partial charge is 0.755 e. The van der Waals surface area contributed by atoms with Gasteiger partial charge in [0.2, 0.25) is 0 Å². The highest BCUT2D eigenvalue weighted by atomic mass is 32.2. The summed E-state index contributed by atoms with van der Waals surface area (Å²) in [4.78, 5) is 16.9. The molecule has 11 heteroatoms. The number of amides is 1. The number of thiazole rings is 1. The molecule has 1 amide bonds. The molecule has 0 radical (unpaired) electrons. The van der Waals surface area contributed by atoms with Crippen LogP contribution in [0.3, 0.4) is 0 Å². The molecule has 0 aliphatic carbocycles. The summed E-state index contributed by atoms with van der Waals surface area (Å²) in [5.41, 5.74) is 1.14. The number of aromatic nitrogens is 1. The van der Waals surface area contributed by atoms with Crippen LogP contribution in [0, 0.1) is 5.82 Å². The van der Waals surface area contributed by atoms with Gasteiger partial charge in [0.25, 0.3) is 5.91 Å². The Morgan fingerprint density at radius 3 is 2.62 bits per heavy atom. The first-order chi connectivity index (χ1) is 13.9. The maximum absolute atomic E-state index is 13.4. The van der Waals surface area contributed by atoms with Gasteiger partial charge in [0.1, 0.15) is 5.82 Å². The van der Waals surface area contributed by atoms with Gasteiger partial charge in [-0.25, -0.2) is 9.37 Å². The first kappa shape index (κ1) is 20.7. The lowest BCUT2D eigenvalue weighted by atomic mass is 10.1. The van der Waals surface area contributed by atoms with Gasteiger partial charge < -0.3 is 18.7 Å². The third-order valence-electron chi connectivity index (χ3n) is 3.82. The van der Waals surface area contributed by atoms with Crippen LogP contribution >= 0.6 is 11.3 Å². The van der Waals surface area contributed by atoms with Crippen LogP contribution in [0.25, 0.3) is 11.3 Å². The van der Waals surface area contributed by atoms with Crippen LogP contribution < -0.4 is 19.5 Å². The molecule has 0 saturated carbocycles. The van der Waals surface area contributed by atoms with Crippen molar-refractivity contribution in [3.8, 4) is 22.8 Å². The van der Waals surface area contributed by atoms with Crippen LogP contribution in [0.5, 0.6) is 11.5 Å². The number of nitrogens with zero attached hydrogens (tertiary/aromatic N) is 1. The van der Waals surface area contributed by atoms with Crippen molar-refractivity contribution in [2.45, 2.75) is 0 Å². The van der Waals surface area contributed by atoms with Gasteiger partial charge in [-0.05, 0) is 36.4 Å². The topological polar surface area (TPSA) is 113 Å². The van der Waals surface area contributed by atoms with E-state index in [2.05, 4.69) is 10.3 Å². The molecule has 1 heterocycles. The summed E-state index contributed by atoms with van der Waals surface area (Å²) in [7, 11) is 3.06. The fourth-order valence-corrected chi connectivity index (χ4v) is 3.58. The molecule has 2 N–H and O–H groups in total. The Balaban J connectivity index is 1.82. The van der Waals surface area contributed by atoms with Gasteiger partial charge in [-0.2, -0.15) is 0 Å². The van der Waals surface area contributed by atoms with Gasteiger partial charge in [-0.3, -0.25) is 14.3 Å². The molecule has 8 nitrogen and oxygen atoms in total. The molecule has 2 aromatic carbocycles. The SMILES string of the molecule is COc1ccc(-c2csc(NC(=O)c3ccc(F)cc3NS(=O)[O-])n2)cc1OC. The Kier molecular flexibility index (Phi) is 6.42. The molecule has 0 aliphatic rings. The predicted octanol–water partition coefficient (Wildman–Crippen LogP) is 3.42. The van der Waals surface area contributed by atoms with Crippen molar-refractivity contribution in [3.63, 3.8) is 0 Å². The first-order valence-corrected chi connectivity index (χ1v) is 10.0. The van der Waals surface area contributed by atoms with Crippen LogP contribution in [-0.2, 0) is 11.3 Å². The van der Waals surface area contributed by atoms with E-state index in [0.29, 0.717) is 22.3 Å². The number of hydrogen-bond acceptors (Lipinski definition) is 7. The van der Waals surface area contributed by atoms with Crippen molar-refractivity contribution in [1.29, 1.82) is 0 Å². The van der Waals surface area contributed by atoms with Crippen molar-refractivity contribution < 1.29 is 27.4 Å². The second kappa shape index (κ2) is 8.99. The zero-order valence-electron chi connectivity index (χ0n) is 15.2. The lowest BCUT2D eigenvalue weighted by Gasteiger charge is -2.13. The summed E-state index contributed by atoms with van der Waals surface area (Å²) in [6, 6.07) is 8.46. The minimum atomic E-state index is -2.71. The standard InChI is InChI=1S/C18H16FN3O5S2/c1-26-15-6-3-10(7-16(15)27-2)14-9-28-18(20-14)21-17(23)12-5-4-11(19)8-13(12)22-29(24)25/h3-9,22H,1-2H3,(H,24,25)(H,20,21,23)/p-1. The van der Waals surface area contributed by atoms with Gasteiger partial charge in [0.05, 0.1) is 31.2 Å². The van der Waals surface area contributed by atoms with Crippen molar-refractivity contribution in [3.05, 3.63) is 53.2 Å². The third kappa shape index (κ3) is 4.88. The maximum atomic E-state index is 13.4. The van der Waals surface area contributed by atoms with Crippen molar-refractivity contribution in [2.75, 3.05) is 24.3 Å². The third-order valence-corrected chi connectivity index (χ3v) is 4.97. The number of halogens is 1. The maximum Gasteiger partial charge on any atom is 0.259 e. The molecule has 29 heavy (non-hydrogen) atoms. The lowest BCUT2D eigenvalue weighted by Crippen LogP contribution is -2.15. The zero-order chi connectivity index (χ0) is 21.0. The number of anilines is 2. The molecule has 0 bridgehead atoms. The number of benzene rings is 2. The van der Waals surface area contributed by atoms with Gasteiger partial charge in [-0.15, -0.1) is 11.3 Å². The lowest BCUT2D eigenvalue weighted by molar-refractivity contribution is 0.102. The molecule has 0 fully saturated rings. The Morgan fingerprint density at radius 1 is 1.17 bits per heavy atom. The van der Waals surface area contributed by atoms with Crippen molar-refractivity contribution in [2.24, 2.45) is 0 Å². The Morgan fingerprint density at radius 2 is 1.93 bits per heavy atom. The highest BCUT2D eigenvalue weighted by Crippen LogP contribution is 2.33. The highest BCUT2D eigenvalue weighted by molar-refractivity contribution is 7.80. The van der Waals surface area contributed by atoms with Crippen LogP contribution in [-0.4, -0.2) is 33.9 Å². The highest BCUT2D eigenvalue weighted by Gasteiger charge is 2.15. The van der Waals surface area contributed by atoms with E-state index >= 15 is 0 Å². The van der Waals surface area contributed by atoms with E-state index in [1.54, 1.807) is 23.6 Å². The minimum absolute atomic E-state index is 0.0431. The number of nitrogens with one attached hydrogen (secondary N) is 2. The quantitative estimate of drug-likeness (QED) is 0.549. The number of hydrogen-bond donors (Lipinski definition) is 2. The summed E-state index contributed by atoms with van der Waals surface area (Å²) in [6.07, 6.45) is 0. The Hall–Kier alpha value is -3.02. The molecule has 1 aromatic heterocycles. The van der Waals surface area contributed by atoms with Crippen LogP contribution in [0.15, 0.2) is 41.8 Å². The molecule has 1 unspecified atom stereocenters. The van der Waals surface area contributed by atoms with Crippen molar-refractivity contribution >= 4 is 39.3 Å². The summed E-state index contributed by atoms with van der Waals surface area (Å²) in [6.45, 7) is 0. The second-order valence-corrected chi connectivity index (χ2v) is 7.12. The summed E-state index contributed by atoms with van der Waals surface area (Å²) in [5.74, 6) is -0.200. The average Bonchev–Trinajstić information content (AvgIpc) is 3.15. The van der Waals surface area contributed by atoms with E-state index in [4.69, 9.17) is 9.47 Å². The number of carbonyl (C=O) groups is 1. The van der Waals surface area contributed by atoms with Crippen LogP contribution in [0.1, 0.15) is 10.4 Å². The normalized spacial score (nSPS) is 11.6. The molecule has 1 atom stereocenters. The first-order valence-electron chi connectivity index (χ1n) is 8.06. The summed E-state index contributed by atoms with van der Waals surface area (Å²) >= 11 is -1.52. The van der Waals surface area contributed by atoms with Gasteiger partial charge in [-0.1, -0.05) is 0 Å². The number of ether oxygens (including phenoxy) is 2. The Bertz CT molecular complexity index is 1070. The molecule has 0 spiro atoms. The second-order valence-electron chi connectivity index (χ2n) is 5.59. The molecule has 152 valence electrons. The van der Waals surface area contributed by atoms with Gasteiger partial charge in [0.15, 0.2) is 16.6 Å². The van der Waals surface area contributed by atoms with Gasteiger partial charge in [0, 0.05) is 22.2 Å². The molecule has 0 aliphatic heterocycles. The summed E-state index contributed by atoms with van der Waals surface area (Å²) in [5, 5.41) is 4.62. The minimum Gasteiger partial charge on any atom is -0.755 e. The van der Waals surface area contributed by atoms with Crippen LogP contribution in [0.4, 0.5) is 15.2 Å². The molecular formula is C18H15FN3O5S2-. The van der Waals surface area contributed by atoms with Crippen LogP contribution in [0.2, 0.25) is 0 Å². The van der Waals surface area contributed by atoms with Gasteiger partial charge >= 0.3 is 0 Å².